The van der Waals surface area contributed by atoms with Crippen LogP contribution in [-0.4, -0.2) is 40.0 Å². The van der Waals surface area contributed by atoms with Gasteiger partial charge in [-0.2, -0.15) is 4.37 Å². The molecule has 0 bridgehead atoms. The van der Waals surface area contributed by atoms with E-state index in [9.17, 15) is 0 Å². The minimum Gasteiger partial charge on any atom is -0.475 e. The predicted octanol–water partition coefficient (Wildman–Crippen LogP) is 4.93. The molecule has 140 valence electrons. The molecule has 2 heterocycles. The highest BCUT2D eigenvalue weighted by molar-refractivity contribution is 6.99. The zero-order valence-corrected chi connectivity index (χ0v) is 16.8. The first kappa shape index (κ1) is 19.1. The van der Waals surface area contributed by atoms with Gasteiger partial charge in [0.1, 0.15) is 18.8 Å². The summed E-state index contributed by atoms with van der Waals surface area (Å²) in [7, 11) is 2.34. The van der Waals surface area contributed by atoms with Crippen molar-refractivity contribution in [3.8, 4) is 5.88 Å². The van der Waals surface area contributed by atoms with Gasteiger partial charge >= 0.3 is 0 Å². The molecule has 0 amide bonds. The standard InChI is InChI=1S/C21H30N3OS/c1-3-4-5-9-15-25-21-20(22-26-23-21)19-13-10-14-24(2,17-19)16-18-11-7-6-8-12-18/h6-8,11-13H,3-5,9-10,14-17H2,1-2H3/q+1. The molecule has 5 heteroatoms. The smallest absolute Gasteiger partial charge is 0.253 e. The molecule has 0 spiro atoms. The summed E-state index contributed by atoms with van der Waals surface area (Å²) in [4.78, 5) is 0. The second-order valence-corrected chi connectivity index (χ2v) is 8.02. The van der Waals surface area contributed by atoms with Crippen LogP contribution in [0.4, 0.5) is 0 Å². The Morgan fingerprint density at radius 3 is 2.77 bits per heavy atom. The Kier molecular flexibility index (Phi) is 6.80. The summed E-state index contributed by atoms with van der Waals surface area (Å²) in [5, 5.41) is 0. The van der Waals surface area contributed by atoms with Crippen molar-refractivity contribution in [2.24, 2.45) is 0 Å². The van der Waals surface area contributed by atoms with E-state index in [4.69, 9.17) is 4.74 Å². The van der Waals surface area contributed by atoms with Crippen molar-refractivity contribution in [2.45, 2.75) is 45.6 Å². The minimum absolute atomic E-state index is 0.728. The number of quaternary nitrogens is 1. The summed E-state index contributed by atoms with van der Waals surface area (Å²) in [5.41, 5.74) is 3.63. The van der Waals surface area contributed by atoms with Crippen LogP contribution in [0, 0.1) is 0 Å². The Morgan fingerprint density at radius 2 is 1.96 bits per heavy atom. The number of benzene rings is 1. The average molecular weight is 373 g/mol. The third kappa shape index (κ3) is 5.15. The fraction of sp³-hybridized carbons (Fsp3) is 0.524. The van der Waals surface area contributed by atoms with Crippen LogP contribution in [0.1, 0.15) is 50.3 Å². The van der Waals surface area contributed by atoms with Crippen molar-refractivity contribution in [1.29, 1.82) is 0 Å². The Labute approximate surface area is 161 Å². The van der Waals surface area contributed by atoms with E-state index in [-0.39, 0.29) is 0 Å². The number of nitrogens with zero attached hydrogens (tertiary/aromatic N) is 3. The van der Waals surface area contributed by atoms with Crippen LogP contribution in [0.5, 0.6) is 5.88 Å². The van der Waals surface area contributed by atoms with Crippen LogP contribution in [0.25, 0.3) is 5.57 Å². The summed E-state index contributed by atoms with van der Waals surface area (Å²) in [6.45, 7) is 6.14. The van der Waals surface area contributed by atoms with Gasteiger partial charge in [0.25, 0.3) is 5.88 Å². The van der Waals surface area contributed by atoms with Crippen LogP contribution in [0.2, 0.25) is 0 Å². The molecular weight excluding hydrogens is 342 g/mol. The lowest BCUT2D eigenvalue weighted by Crippen LogP contribution is -2.46. The SMILES string of the molecule is CCCCCCOc1nsnc1C1=CCC[N+](C)(Cc2ccccc2)C1. The molecule has 0 aliphatic carbocycles. The molecule has 0 saturated carbocycles. The maximum Gasteiger partial charge on any atom is 0.253 e. The molecule has 1 aromatic heterocycles. The van der Waals surface area contributed by atoms with E-state index in [1.807, 2.05) is 0 Å². The lowest BCUT2D eigenvalue weighted by atomic mass is 10.0. The number of hydrogen-bond donors (Lipinski definition) is 0. The molecule has 3 rings (SSSR count). The number of ether oxygens (including phenoxy) is 1. The number of hydrogen-bond acceptors (Lipinski definition) is 4. The Balaban J connectivity index is 1.63. The monoisotopic (exact) mass is 372 g/mol. The van der Waals surface area contributed by atoms with Crippen LogP contribution in [0.3, 0.4) is 0 Å². The second kappa shape index (κ2) is 9.28. The van der Waals surface area contributed by atoms with Gasteiger partial charge in [-0.05, 0) is 6.42 Å². The fourth-order valence-electron chi connectivity index (χ4n) is 3.60. The molecule has 0 radical (unpaired) electrons. The van der Waals surface area contributed by atoms with Gasteiger partial charge in [-0.25, -0.2) is 0 Å². The van der Waals surface area contributed by atoms with E-state index in [2.05, 4.69) is 59.1 Å². The third-order valence-corrected chi connectivity index (χ3v) is 5.53. The molecule has 1 atom stereocenters. The maximum atomic E-state index is 5.95. The van der Waals surface area contributed by atoms with Gasteiger partial charge in [-0.1, -0.05) is 62.6 Å². The van der Waals surface area contributed by atoms with E-state index < -0.39 is 0 Å². The highest BCUT2D eigenvalue weighted by atomic mass is 32.1. The van der Waals surface area contributed by atoms with Crippen molar-refractivity contribution < 1.29 is 9.22 Å². The van der Waals surface area contributed by atoms with E-state index >= 15 is 0 Å². The second-order valence-electron chi connectivity index (χ2n) is 7.49. The Hall–Kier alpha value is -1.72. The summed E-state index contributed by atoms with van der Waals surface area (Å²) < 4.78 is 15.9. The topological polar surface area (TPSA) is 35.0 Å². The molecule has 1 aromatic carbocycles. The molecule has 0 N–H and O–H groups in total. The summed E-state index contributed by atoms with van der Waals surface area (Å²) in [6, 6.07) is 10.8. The average Bonchev–Trinajstić information content (AvgIpc) is 3.11. The van der Waals surface area contributed by atoms with Gasteiger partial charge in [0.2, 0.25) is 0 Å². The van der Waals surface area contributed by atoms with E-state index in [1.165, 1.54) is 42.1 Å². The van der Waals surface area contributed by atoms with Crippen LogP contribution >= 0.6 is 11.7 Å². The highest BCUT2D eigenvalue weighted by Crippen LogP contribution is 2.31. The summed E-state index contributed by atoms with van der Waals surface area (Å²) in [6.07, 6.45) is 8.22. The molecular formula is C21H30N3OS+. The number of unbranched alkanes of at least 4 members (excludes halogenated alkanes) is 3. The van der Waals surface area contributed by atoms with Crippen molar-refractivity contribution in [2.75, 3.05) is 26.7 Å². The first-order valence-electron chi connectivity index (χ1n) is 9.72. The van der Waals surface area contributed by atoms with Crippen LogP contribution < -0.4 is 4.74 Å². The van der Waals surface area contributed by atoms with Gasteiger partial charge < -0.3 is 9.22 Å². The molecule has 2 aromatic rings. The van der Waals surface area contributed by atoms with Crippen molar-refractivity contribution in [3.05, 3.63) is 47.7 Å². The van der Waals surface area contributed by atoms with Crippen molar-refractivity contribution in [3.63, 3.8) is 0 Å². The van der Waals surface area contributed by atoms with Gasteiger partial charge in [0.05, 0.1) is 31.9 Å². The first-order chi connectivity index (χ1) is 12.7. The molecule has 0 fully saturated rings. The number of rotatable bonds is 9. The van der Waals surface area contributed by atoms with E-state index in [0.717, 1.165) is 55.1 Å². The third-order valence-electron chi connectivity index (χ3n) is 5.02. The zero-order chi connectivity index (χ0) is 18.2. The van der Waals surface area contributed by atoms with Crippen LogP contribution in [0.15, 0.2) is 36.4 Å². The van der Waals surface area contributed by atoms with E-state index in [1.54, 1.807) is 0 Å². The van der Waals surface area contributed by atoms with Crippen molar-refractivity contribution >= 4 is 17.3 Å². The normalized spacial score (nSPS) is 20.0. The lowest BCUT2D eigenvalue weighted by molar-refractivity contribution is -0.916. The zero-order valence-electron chi connectivity index (χ0n) is 16.0. The summed E-state index contributed by atoms with van der Waals surface area (Å²) in [5.74, 6) is 0.728. The number of likely N-dealkylation sites (N-methyl/N-ethyl adjacent to an activating group) is 1. The molecule has 1 aliphatic rings. The molecule has 4 nitrogen and oxygen atoms in total. The fourth-order valence-corrected chi connectivity index (χ4v) is 4.14. The van der Waals surface area contributed by atoms with E-state index in [0.29, 0.717) is 0 Å². The lowest BCUT2D eigenvalue weighted by Gasteiger charge is -2.37. The molecule has 1 aliphatic heterocycles. The number of aromatic nitrogens is 2. The summed E-state index contributed by atoms with van der Waals surface area (Å²) >= 11 is 1.26. The first-order valence-corrected chi connectivity index (χ1v) is 10.5. The highest BCUT2D eigenvalue weighted by Gasteiger charge is 2.30. The van der Waals surface area contributed by atoms with Crippen LogP contribution in [-0.2, 0) is 6.54 Å². The minimum atomic E-state index is 0.728. The molecule has 26 heavy (non-hydrogen) atoms. The Morgan fingerprint density at radius 1 is 1.12 bits per heavy atom. The molecule has 1 unspecified atom stereocenters. The predicted molar refractivity (Wildman–Crippen MR) is 108 cm³/mol. The molecule has 0 saturated heterocycles. The van der Waals surface area contributed by atoms with Gasteiger partial charge in [0, 0.05) is 17.6 Å². The van der Waals surface area contributed by atoms with Crippen molar-refractivity contribution in [1.82, 2.24) is 8.75 Å². The van der Waals surface area contributed by atoms with Gasteiger partial charge in [0.15, 0.2) is 0 Å². The maximum absolute atomic E-state index is 5.95. The Bertz CT molecular complexity index is 713. The van der Waals surface area contributed by atoms with Gasteiger partial charge in [-0.15, -0.1) is 4.37 Å². The van der Waals surface area contributed by atoms with Gasteiger partial charge in [-0.3, -0.25) is 0 Å². The quantitative estimate of drug-likeness (QED) is 0.462. The largest absolute Gasteiger partial charge is 0.475 e.